The number of carbonyl (C=O) groups is 1. The van der Waals surface area contributed by atoms with Crippen molar-refractivity contribution in [3.8, 4) is 0 Å². The van der Waals surface area contributed by atoms with Crippen LogP contribution >= 0.6 is 0 Å². The average molecular weight is 257 g/mol. The molecular formula is C14H27NO3. The number of hydrogen-bond donors (Lipinski definition) is 2. The summed E-state index contributed by atoms with van der Waals surface area (Å²) in [6, 6.07) is -0.511. The molecule has 4 heteroatoms. The normalized spacial score (nSPS) is 21.4. The van der Waals surface area contributed by atoms with Crippen LogP contribution in [0.25, 0.3) is 0 Å². The van der Waals surface area contributed by atoms with Gasteiger partial charge in [0.1, 0.15) is 5.60 Å². The summed E-state index contributed by atoms with van der Waals surface area (Å²) in [7, 11) is 0. The molecule has 0 aromatic rings. The second kappa shape index (κ2) is 6.53. The maximum atomic E-state index is 12.2. The molecule has 0 saturated heterocycles. The van der Waals surface area contributed by atoms with Crippen molar-refractivity contribution in [3.05, 3.63) is 0 Å². The second-order valence-electron chi connectivity index (χ2n) is 6.30. The van der Waals surface area contributed by atoms with Crippen molar-refractivity contribution < 1.29 is 14.6 Å². The molecule has 0 radical (unpaired) electrons. The Balaban J connectivity index is 2.73. The highest BCUT2D eigenvalue weighted by Gasteiger charge is 2.36. The van der Waals surface area contributed by atoms with Crippen molar-refractivity contribution >= 4 is 5.97 Å². The summed E-state index contributed by atoms with van der Waals surface area (Å²) in [5, 5.41) is 9.25. The van der Waals surface area contributed by atoms with Gasteiger partial charge in [-0.2, -0.15) is 0 Å². The molecule has 0 bridgehead atoms. The molecule has 1 fully saturated rings. The molecule has 1 aliphatic carbocycles. The Morgan fingerprint density at radius 1 is 1.33 bits per heavy atom. The zero-order valence-electron chi connectivity index (χ0n) is 11.8. The first-order chi connectivity index (χ1) is 8.35. The highest BCUT2D eigenvalue weighted by molar-refractivity contribution is 5.74. The van der Waals surface area contributed by atoms with Crippen LogP contribution in [0.5, 0.6) is 0 Å². The highest BCUT2D eigenvalue weighted by atomic mass is 16.6. The molecule has 1 saturated carbocycles. The summed E-state index contributed by atoms with van der Waals surface area (Å²) < 4.78 is 5.45. The summed E-state index contributed by atoms with van der Waals surface area (Å²) in [5.41, 5.74) is 5.42. The summed E-state index contributed by atoms with van der Waals surface area (Å²) in [4.78, 5) is 12.2. The van der Waals surface area contributed by atoms with E-state index in [4.69, 9.17) is 10.5 Å². The van der Waals surface area contributed by atoms with Gasteiger partial charge in [0.25, 0.3) is 0 Å². The van der Waals surface area contributed by atoms with Crippen molar-refractivity contribution in [2.45, 2.75) is 64.5 Å². The molecule has 0 aromatic heterocycles. The van der Waals surface area contributed by atoms with E-state index < -0.39 is 11.6 Å². The fourth-order valence-corrected chi connectivity index (χ4v) is 2.69. The summed E-state index contributed by atoms with van der Waals surface area (Å²) >= 11 is 0. The number of aliphatic hydroxyl groups is 1. The first-order valence-corrected chi connectivity index (χ1v) is 6.94. The third-order valence-corrected chi connectivity index (χ3v) is 3.51. The van der Waals surface area contributed by atoms with Crippen molar-refractivity contribution in [3.63, 3.8) is 0 Å². The van der Waals surface area contributed by atoms with Crippen LogP contribution in [0, 0.1) is 11.8 Å². The van der Waals surface area contributed by atoms with E-state index in [2.05, 4.69) is 0 Å². The quantitative estimate of drug-likeness (QED) is 0.754. The molecule has 2 atom stereocenters. The molecule has 1 unspecified atom stereocenters. The van der Waals surface area contributed by atoms with Gasteiger partial charge in [0.2, 0.25) is 0 Å². The summed E-state index contributed by atoms with van der Waals surface area (Å²) in [6.45, 7) is 5.40. The van der Waals surface area contributed by atoms with E-state index in [-0.39, 0.29) is 24.4 Å². The lowest BCUT2D eigenvalue weighted by atomic mass is 9.77. The minimum absolute atomic E-state index is 0.166. The van der Waals surface area contributed by atoms with Gasteiger partial charge < -0.3 is 15.6 Å². The predicted octanol–water partition coefficient (Wildman–Crippen LogP) is 1.84. The van der Waals surface area contributed by atoms with E-state index >= 15 is 0 Å². The fraction of sp³-hybridized carbons (Fsp3) is 0.929. The van der Waals surface area contributed by atoms with Crippen molar-refractivity contribution in [1.29, 1.82) is 0 Å². The summed E-state index contributed by atoms with van der Waals surface area (Å²) in [6.07, 6.45) is 5.53. The Kier molecular flexibility index (Phi) is 5.60. The Morgan fingerprint density at radius 2 is 1.89 bits per heavy atom. The topological polar surface area (TPSA) is 72.5 Å². The monoisotopic (exact) mass is 257 g/mol. The average Bonchev–Trinajstić information content (AvgIpc) is 2.28. The van der Waals surface area contributed by atoms with Crippen LogP contribution in [0.4, 0.5) is 0 Å². The van der Waals surface area contributed by atoms with Crippen LogP contribution in [0.15, 0.2) is 0 Å². The van der Waals surface area contributed by atoms with E-state index in [0.717, 1.165) is 25.7 Å². The first-order valence-electron chi connectivity index (χ1n) is 6.94. The van der Waals surface area contributed by atoms with E-state index in [0.29, 0.717) is 0 Å². The maximum absolute atomic E-state index is 12.2. The van der Waals surface area contributed by atoms with Crippen molar-refractivity contribution in [1.82, 2.24) is 0 Å². The van der Waals surface area contributed by atoms with E-state index in [1.807, 2.05) is 20.8 Å². The fourth-order valence-electron chi connectivity index (χ4n) is 2.69. The Hall–Kier alpha value is -0.610. The Bertz CT molecular complexity index is 267. The number of ether oxygens (including phenoxy) is 1. The SMILES string of the molecule is CC(C)(C)OC(=O)C(C1CCCCC1)[C@H](N)CO. The van der Waals surface area contributed by atoms with Crippen LogP contribution in [0.2, 0.25) is 0 Å². The molecule has 4 nitrogen and oxygen atoms in total. The number of rotatable bonds is 4. The number of esters is 1. The minimum atomic E-state index is -0.511. The largest absolute Gasteiger partial charge is 0.460 e. The van der Waals surface area contributed by atoms with Gasteiger partial charge in [-0.25, -0.2) is 0 Å². The molecule has 0 aromatic carbocycles. The van der Waals surface area contributed by atoms with E-state index in [1.54, 1.807) is 0 Å². The molecule has 0 aliphatic heterocycles. The van der Waals surface area contributed by atoms with E-state index in [1.165, 1.54) is 6.42 Å². The van der Waals surface area contributed by atoms with Gasteiger partial charge in [-0.3, -0.25) is 4.79 Å². The molecule has 3 N–H and O–H groups in total. The van der Waals surface area contributed by atoms with Crippen molar-refractivity contribution in [2.24, 2.45) is 17.6 Å². The molecule has 0 spiro atoms. The van der Waals surface area contributed by atoms with Crippen LogP contribution in [0.3, 0.4) is 0 Å². The van der Waals surface area contributed by atoms with E-state index in [9.17, 15) is 9.90 Å². The molecule has 106 valence electrons. The summed E-state index contributed by atoms with van der Waals surface area (Å²) in [5.74, 6) is -0.360. The number of nitrogens with two attached hydrogens (primary N) is 1. The standard InChI is InChI=1S/C14H27NO3/c1-14(2,3)18-13(17)12(11(15)9-16)10-7-5-4-6-8-10/h10-12,16H,4-9,15H2,1-3H3/t11-,12?/m1/s1. The van der Waals surface area contributed by atoms with Crippen LogP contribution in [0.1, 0.15) is 52.9 Å². The van der Waals surface area contributed by atoms with Gasteiger partial charge in [-0.15, -0.1) is 0 Å². The van der Waals surface area contributed by atoms with Crippen LogP contribution < -0.4 is 5.73 Å². The third kappa shape index (κ3) is 4.58. The molecule has 18 heavy (non-hydrogen) atoms. The van der Waals surface area contributed by atoms with Gasteiger partial charge in [-0.1, -0.05) is 19.3 Å². The maximum Gasteiger partial charge on any atom is 0.311 e. The second-order valence-corrected chi connectivity index (χ2v) is 6.30. The van der Waals surface area contributed by atoms with Crippen LogP contribution in [-0.2, 0) is 9.53 Å². The molecule has 0 amide bonds. The lowest BCUT2D eigenvalue weighted by Gasteiger charge is -2.33. The highest BCUT2D eigenvalue weighted by Crippen LogP contribution is 2.33. The number of carbonyl (C=O) groups excluding carboxylic acids is 1. The molecule has 1 rings (SSSR count). The molecular weight excluding hydrogens is 230 g/mol. The third-order valence-electron chi connectivity index (χ3n) is 3.51. The van der Waals surface area contributed by atoms with Gasteiger partial charge in [0, 0.05) is 6.04 Å². The van der Waals surface area contributed by atoms with Crippen LogP contribution in [-0.4, -0.2) is 29.3 Å². The molecule has 1 aliphatic rings. The van der Waals surface area contributed by atoms with Gasteiger partial charge in [-0.05, 0) is 39.5 Å². The lowest BCUT2D eigenvalue weighted by molar-refractivity contribution is -0.164. The smallest absolute Gasteiger partial charge is 0.311 e. The number of aliphatic hydroxyl groups excluding tert-OH is 1. The zero-order valence-corrected chi connectivity index (χ0v) is 11.8. The van der Waals surface area contributed by atoms with Gasteiger partial charge in [0.15, 0.2) is 0 Å². The lowest BCUT2D eigenvalue weighted by Crippen LogP contribution is -2.45. The molecule has 0 heterocycles. The predicted molar refractivity (Wildman–Crippen MR) is 71.0 cm³/mol. The number of hydrogen-bond acceptors (Lipinski definition) is 4. The van der Waals surface area contributed by atoms with Gasteiger partial charge >= 0.3 is 5.97 Å². The van der Waals surface area contributed by atoms with Crippen molar-refractivity contribution in [2.75, 3.05) is 6.61 Å². The zero-order chi connectivity index (χ0) is 13.8. The Morgan fingerprint density at radius 3 is 2.33 bits per heavy atom. The first kappa shape index (κ1) is 15.4. The van der Waals surface area contributed by atoms with Gasteiger partial charge in [0.05, 0.1) is 12.5 Å². The Labute approximate surface area is 110 Å². The minimum Gasteiger partial charge on any atom is -0.460 e.